The van der Waals surface area contributed by atoms with Gasteiger partial charge in [-0.3, -0.25) is 4.79 Å². The molecule has 0 bridgehead atoms. The minimum Gasteiger partial charge on any atom is -0.490 e. The zero-order valence-electron chi connectivity index (χ0n) is 13.0. The summed E-state index contributed by atoms with van der Waals surface area (Å²) in [6, 6.07) is 5.72. The van der Waals surface area contributed by atoms with Crippen molar-refractivity contribution in [1.82, 2.24) is 0 Å². The lowest BCUT2D eigenvalue weighted by atomic mass is 10.1. The summed E-state index contributed by atoms with van der Waals surface area (Å²) in [5.74, 6) is 0.616. The van der Waals surface area contributed by atoms with Gasteiger partial charge in [0.05, 0.1) is 19.6 Å². The highest BCUT2D eigenvalue weighted by molar-refractivity contribution is 5.74. The number of ether oxygens (including phenoxy) is 2. The van der Waals surface area contributed by atoms with E-state index in [-0.39, 0.29) is 6.42 Å². The Kier molecular flexibility index (Phi) is 7.37. The van der Waals surface area contributed by atoms with Crippen LogP contribution in [-0.2, 0) is 4.79 Å². The van der Waals surface area contributed by atoms with Crippen molar-refractivity contribution < 1.29 is 19.4 Å². The van der Waals surface area contributed by atoms with E-state index in [0.29, 0.717) is 19.0 Å². The maximum absolute atomic E-state index is 10.6. The number of carbonyl (C=O) groups is 1. The van der Waals surface area contributed by atoms with Crippen molar-refractivity contribution in [3.05, 3.63) is 29.8 Å². The number of aliphatic carboxylic acids is 1. The summed E-state index contributed by atoms with van der Waals surface area (Å²) in [4.78, 5) is 10.6. The molecule has 0 aromatic heterocycles. The third-order valence-corrected chi connectivity index (χ3v) is 2.91. The molecule has 0 spiro atoms. The van der Waals surface area contributed by atoms with E-state index >= 15 is 0 Å². The van der Waals surface area contributed by atoms with Gasteiger partial charge in [-0.15, -0.1) is 0 Å². The van der Waals surface area contributed by atoms with Gasteiger partial charge in [-0.05, 0) is 43.0 Å². The van der Waals surface area contributed by atoms with E-state index in [1.807, 2.05) is 25.1 Å². The number of benzene rings is 1. The molecule has 0 amide bonds. The van der Waals surface area contributed by atoms with Crippen LogP contribution in [0.5, 0.6) is 11.5 Å². The highest BCUT2D eigenvalue weighted by Gasteiger charge is 2.08. The summed E-state index contributed by atoms with van der Waals surface area (Å²) < 4.78 is 11.4. The molecule has 1 N–H and O–H groups in total. The summed E-state index contributed by atoms with van der Waals surface area (Å²) >= 11 is 0. The van der Waals surface area contributed by atoms with Gasteiger partial charge in [-0.25, -0.2) is 0 Å². The van der Waals surface area contributed by atoms with E-state index in [0.717, 1.165) is 29.7 Å². The van der Waals surface area contributed by atoms with Crippen LogP contribution in [0.1, 0.15) is 45.6 Å². The van der Waals surface area contributed by atoms with Gasteiger partial charge in [-0.1, -0.05) is 26.0 Å². The number of carboxylic acid groups (broad SMARTS) is 1. The van der Waals surface area contributed by atoms with E-state index in [1.165, 1.54) is 0 Å². The van der Waals surface area contributed by atoms with Gasteiger partial charge < -0.3 is 14.6 Å². The van der Waals surface area contributed by atoms with Crippen molar-refractivity contribution in [3.8, 4) is 11.5 Å². The number of rotatable bonds is 9. The molecule has 0 atom stereocenters. The number of hydrogen-bond acceptors (Lipinski definition) is 3. The molecule has 1 aromatic carbocycles. The molecule has 0 radical (unpaired) electrons. The highest BCUT2D eigenvalue weighted by atomic mass is 16.5. The van der Waals surface area contributed by atoms with Crippen molar-refractivity contribution in [3.63, 3.8) is 0 Å². The van der Waals surface area contributed by atoms with Crippen LogP contribution in [0.3, 0.4) is 0 Å². The predicted octanol–water partition coefficient (Wildman–Crippen LogP) is 4.14. The molecule has 21 heavy (non-hydrogen) atoms. The van der Waals surface area contributed by atoms with Crippen molar-refractivity contribution in [1.29, 1.82) is 0 Å². The Labute approximate surface area is 126 Å². The minimum atomic E-state index is -0.834. The van der Waals surface area contributed by atoms with Crippen LogP contribution in [0.15, 0.2) is 24.3 Å². The van der Waals surface area contributed by atoms with Gasteiger partial charge >= 0.3 is 5.97 Å². The van der Waals surface area contributed by atoms with Crippen LogP contribution in [0.2, 0.25) is 0 Å². The van der Waals surface area contributed by atoms with Gasteiger partial charge in [0.15, 0.2) is 11.5 Å². The molecule has 0 aliphatic carbocycles. The molecule has 0 aliphatic rings. The predicted molar refractivity (Wildman–Crippen MR) is 83.9 cm³/mol. The monoisotopic (exact) mass is 292 g/mol. The Morgan fingerprint density at radius 1 is 1.14 bits per heavy atom. The molecule has 116 valence electrons. The summed E-state index contributed by atoms with van der Waals surface area (Å²) in [6.45, 7) is 7.28. The lowest BCUT2D eigenvalue weighted by molar-refractivity contribution is -0.135. The van der Waals surface area contributed by atoms with Gasteiger partial charge in [0, 0.05) is 0 Å². The van der Waals surface area contributed by atoms with E-state index < -0.39 is 5.97 Å². The quantitative estimate of drug-likeness (QED) is 0.743. The standard InChI is InChI=1S/C17H24O4/c1-4-10-20-15-8-7-14(12-16(15)21-11-5-2)13(3)6-9-17(18)19/h6-8,12H,4-5,9-11H2,1-3H3,(H,18,19)/b13-6+. The van der Waals surface area contributed by atoms with Crippen molar-refractivity contribution in [2.45, 2.75) is 40.0 Å². The molecule has 0 aliphatic heterocycles. The zero-order valence-corrected chi connectivity index (χ0v) is 13.0. The summed E-state index contributed by atoms with van der Waals surface area (Å²) in [6.07, 6.45) is 3.58. The van der Waals surface area contributed by atoms with Crippen LogP contribution in [0.25, 0.3) is 5.57 Å². The molecule has 0 saturated carbocycles. The SMILES string of the molecule is CCCOc1ccc(/C(C)=C/CC(=O)O)cc1OCCC. The van der Waals surface area contributed by atoms with Crippen molar-refractivity contribution in [2.75, 3.05) is 13.2 Å². The first kappa shape index (κ1) is 17.1. The summed E-state index contributed by atoms with van der Waals surface area (Å²) in [5.41, 5.74) is 1.87. The molecular formula is C17H24O4. The number of hydrogen-bond donors (Lipinski definition) is 1. The average molecular weight is 292 g/mol. The van der Waals surface area contributed by atoms with Gasteiger partial charge in [0.1, 0.15) is 0 Å². The third-order valence-electron chi connectivity index (χ3n) is 2.91. The van der Waals surface area contributed by atoms with E-state index in [4.69, 9.17) is 14.6 Å². The van der Waals surface area contributed by atoms with Crippen LogP contribution < -0.4 is 9.47 Å². The minimum absolute atomic E-state index is 0.0189. The molecule has 1 aromatic rings. The number of carboxylic acids is 1. The Morgan fingerprint density at radius 3 is 2.33 bits per heavy atom. The second-order valence-corrected chi connectivity index (χ2v) is 4.84. The average Bonchev–Trinajstić information content (AvgIpc) is 2.48. The molecule has 1 rings (SSSR count). The maximum atomic E-state index is 10.6. The molecule has 0 fully saturated rings. The fourth-order valence-electron chi connectivity index (χ4n) is 1.77. The normalized spacial score (nSPS) is 11.3. The maximum Gasteiger partial charge on any atom is 0.307 e. The Bertz CT molecular complexity index is 492. The molecule has 4 nitrogen and oxygen atoms in total. The van der Waals surface area contributed by atoms with E-state index in [1.54, 1.807) is 6.08 Å². The molecule has 0 saturated heterocycles. The molecule has 4 heteroatoms. The Morgan fingerprint density at radius 2 is 1.76 bits per heavy atom. The van der Waals surface area contributed by atoms with Crippen LogP contribution >= 0.6 is 0 Å². The smallest absolute Gasteiger partial charge is 0.307 e. The summed E-state index contributed by atoms with van der Waals surface area (Å²) in [7, 11) is 0. The van der Waals surface area contributed by atoms with Gasteiger partial charge in [0.25, 0.3) is 0 Å². The first-order chi connectivity index (χ1) is 10.1. The fraction of sp³-hybridized carbons (Fsp3) is 0.471. The Hall–Kier alpha value is -1.97. The van der Waals surface area contributed by atoms with Gasteiger partial charge in [0.2, 0.25) is 0 Å². The molecular weight excluding hydrogens is 268 g/mol. The zero-order chi connectivity index (χ0) is 15.7. The fourth-order valence-corrected chi connectivity index (χ4v) is 1.77. The lowest BCUT2D eigenvalue weighted by Gasteiger charge is -2.14. The van der Waals surface area contributed by atoms with Crippen LogP contribution in [0, 0.1) is 0 Å². The topological polar surface area (TPSA) is 55.8 Å². The van der Waals surface area contributed by atoms with E-state index in [2.05, 4.69) is 13.8 Å². The lowest BCUT2D eigenvalue weighted by Crippen LogP contribution is -2.01. The van der Waals surface area contributed by atoms with E-state index in [9.17, 15) is 4.79 Å². The van der Waals surface area contributed by atoms with Crippen LogP contribution in [-0.4, -0.2) is 24.3 Å². The second-order valence-electron chi connectivity index (χ2n) is 4.84. The van der Waals surface area contributed by atoms with Crippen LogP contribution in [0.4, 0.5) is 0 Å². The van der Waals surface area contributed by atoms with Gasteiger partial charge in [-0.2, -0.15) is 0 Å². The first-order valence-corrected chi connectivity index (χ1v) is 7.37. The second kappa shape index (κ2) is 9.06. The molecule has 0 unspecified atom stereocenters. The largest absolute Gasteiger partial charge is 0.490 e. The molecule has 0 heterocycles. The van der Waals surface area contributed by atoms with Crippen molar-refractivity contribution >= 4 is 11.5 Å². The number of allylic oxidation sites excluding steroid dienone is 1. The third kappa shape index (κ3) is 5.90. The highest BCUT2D eigenvalue weighted by Crippen LogP contribution is 2.31. The first-order valence-electron chi connectivity index (χ1n) is 7.37. The Balaban J connectivity index is 2.96. The van der Waals surface area contributed by atoms with Crippen molar-refractivity contribution in [2.24, 2.45) is 0 Å². The summed E-state index contributed by atoms with van der Waals surface area (Å²) in [5, 5.41) is 8.73.